The van der Waals surface area contributed by atoms with Crippen molar-refractivity contribution in [2.75, 3.05) is 13.6 Å². The topological polar surface area (TPSA) is 36.6 Å². The lowest BCUT2D eigenvalue weighted by Crippen LogP contribution is -2.31. The maximum absolute atomic E-state index is 9.97. The predicted octanol–water partition coefficient (Wildman–Crippen LogP) is 2.82. The average Bonchev–Trinajstić information content (AvgIpc) is 2.59. The molecule has 0 bridgehead atoms. The third-order valence-corrected chi connectivity index (χ3v) is 3.19. The number of rotatable bonds is 5. The molecule has 1 rings (SSSR count). The van der Waals surface area contributed by atoms with Crippen LogP contribution in [0.5, 0.6) is 0 Å². The lowest BCUT2D eigenvalue weighted by Gasteiger charge is -2.27. The van der Waals surface area contributed by atoms with Gasteiger partial charge in [-0.05, 0) is 31.9 Å². The molecule has 0 spiro atoms. The van der Waals surface area contributed by atoms with Gasteiger partial charge in [0.05, 0.1) is 12.4 Å². The van der Waals surface area contributed by atoms with Gasteiger partial charge in [-0.1, -0.05) is 20.8 Å². The van der Waals surface area contributed by atoms with Crippen LogP contribution in [0.15, 0.2) is 16.7 Å². The molecule has 1 aromatic heterocycles. The van der Waals surface area contributed by atoms with Crippen LogP contribution < -0.4 is 0 Å². The van der Waals surface area contributed by atoms with Crippen molar-refractivity contribution in [3.8, 4) is 0 Å². The summed E-state index contributed by atoms with van der Waals surface area (Å²) in [6.07, 6.45) is 2.27. The molecule has 1 unspecified atom stereocenters. The first-order valence-electron chi connectivity index (χ1n) is 6.20. The van der Waals surface area contributed by atoms with Gasteiger partial charge in [0.1, 0.15) is 5.76 Å². The summed E-state index contributed by atoms with van der Waals surface area (Å²) in [6.45, 7) is 9.95. The van der Waals surface area contributed by atoms with Gasteiger partial charge in [-0.15, -0.1) is 0 Å². The molecule has 1 N–H and O–H groups in total. The molecule has 1 heterocycles. The molecule has 98 valence electrons. The van der Waals surface area contributed by atoms with Crippen molar-refractivity contribution in [1.29, 1.82) is 0 Å². The predicted molar refractivity (Wildman–Crippen MR) is 69.9 cm³/mol. The lowest BCUT2D eigenvalue weighted by molar-refractivity contribution is 0.0473. The normalized spacial score (nSPS) is 14.3. The molecular formula is C14H25NO2. The quantitative estimate of drug-likeness (QED) is 0.858. The number of hydrogen-bond donors (Lipinski definition) is 1. The van der Waals surface area contributed by atoms with Gasteiger partial charge in [0, 0.05) is 18.7 Å². The van der Waals surface area contributed by atoms with E-state index >= 15 is 0 Å². The summed E-state index contributed by atoms with van der Waals surface area (Å²) >= 11 is 0. The molecule has 0 amide bonds. The van der Waals surface area contributed by atoms with Gasteiger partial charge in [-0.25, -0.2) is 0 Å². The molecule has 1 atom stereocenters. The van der Waals surface area contributed by atoms with E-state index in [2.05, 4.69) is 32.7 Å². The van der Waals surface area contributed by atoms with E-state index in [0.717, 1.165) is 25.3 Å². The van der Waals surface area contributed by atoms with Gasteiger partial charge in [0.2, 0.25) is 0 Å². The van der Waals surface area contributed by atoms with Gasteiger partial charge in [-0.3, -0.25) is 0 Å². The molecule has 3 heteroatoms. The summed E-state index contributed by atoms with van der Waals surface area (Å²) in [4.78, 5) is 2.22. The Hall–Kier alpha value is -0.800. The molecule has 0 radical (unpaired) electrons. The zero-order valence-corrected chi connectivity index (χ0v) is 11.7. The van der Waals surface area contributed by atoms with Gasteiger partial charge < -0.3 is 14.4 Å². The highest BCUT2D eigenvalue weighted by atomic mass is 16.3. The Morgan fingerprint density at radius 2 is 2.06 bits per heavy atom. The first-order valence-corrected chi connectivity index (χ1v) is 6.20. The second kappa shape index (κ2) is 5.69. The SMILES string of the molecule is Cc1occc1CN(C)CCC(O)C(C)(C)C. The van der Waals surface area contributed by atoms with Gasteiger partial charge >= 0.3 is 0 Å². The molecule has 3 nitrogen and oxygen atoms in total. The molecule has 0 saturated carbocycles. The summed E-state index contributed by atoms with van der Waals surface area (Å²) < 4.78 is 5.27. The third-order valence-electron chi connectivity index (χ3n) is 3.19. The van der Waals surface area contributed by atoms with E-state index in [0.29, 0.717) is 0 Å². The second-order valence-electron chi connectivity index (χ2n) is 5.91. The molecule has 0 saturated heterocycles. The minimum Gasteiger partial charge on any atom is -0.469 e. The Morgan fingerprint density at radius 3 is 2.53 bits per heavy atom. The molecule has 0 aliphatic rings. The fourth-order valence-electron chi connectivity index (χ4n) is 1.72. The number of aliphatic hydroxyl groups excluding tert-OH is 1. The van der Waals surface area contributed by atoms with Crippen LogP contribution >= 0.6 is 0 Å². The summed E-state index contributed by atoms with van der Waals surface area (Å²) in [6, 6.07) is 2.01. The Balaban J connectivity index is 2.36. The Kier molecular flexibility index (Phi) is 4.78. The molecule has 1 aromatic rings. The van der Waals surface area contributed by atoms with Crippen molar-refractivity contribution < 1.29 is 9.52 Å². The highest BCUT2D eigenvalue weighted by Crippen LogP contribution is 2.22. The molecule has 0 aliphatic heterocycles. The largest absolute Gasteiger partial charge is 0.469 e. The highest BCUT2D eigenvalue weighted by Gasteiger charge is 2.22. The highest BCUT2D eigenvalue weighted by molar-refractivity contribution is 5.14. The van der Waals surface area contributed by atoms with Gasteiger partial charge in [-0.2, -0.15) is 0 Å². The Labute approximate surface area is 104 Å². The number of hydrogen-bond acceptors (Lipinski definition) is 3. The molecular weight excluding hydrogens is 214 g/mol. The van der Waals surface area contributed by atoms with E-state index in [4.69, 9.17) is 4.42 Å². The fourth-order valence-corrected chi connectivity index (χ4v) is 1.72. The average molecular weight is 239 g/mol. The smallest absolute Gasteiger partial charge is 0.105 e. The second-order valence-corrected chi connectivity index (χ2v) is 5.91. The van der Waals surface area contributed by atoms with Crippen LogP contribution in [0.4, 0.5) is 0 Å². The minimum atomic E-state index is -0.254. The maximum Gasteiger partial charge on any atom is 0.105 e. The van der Waals surface area contributed by atoms with Crippen LogP contribution in [0.2, 0.25) is 0 Å². The van der Waals surface area contributed by atoms with Crippen molar-refractivity contribution in [3.05, 3.63) is 23.7 Å². The van der Waals surface area contributed by atoms with Crippen LogP contribution in [-0.2, 0) is 6.54 Å². The van der Waals surface area contributed by atoms with E-state index < -0.39 is 0 Å². The third kappa shape index (κ3) is 4.52. The number of aliphatic hydroxyl groups is 1. The monoisotopic (exact) mass is 239 g/mol. The van der Waals surface area contributed by atoms with Crippen LogP contribution in [0.1, 0.15) is 38.5 Å². The maximum atomic E-state index is 9.97. The zero-order chi connectivity index (χ0) is 13.1. The zero-order valence-electron chi connectivity index (χ0n) is 11.7. The first-order chi connectivity index (χ1) is 7.80. The van der Waals surface area contributed by atoms with E-state index in [-0.39, 0.29) is 11.5 Å². The van der Waals surface area contributed by atoms with E-state index in [1.807, 2.05) is 13.0 Å². The van der Waals surface area contributed by atoms with Crippen molar-refractivity contribution in [3.63, 3.8) is 0 Å². The summed E-state index contributed by atoms with van der Waals surface area (Å²) in [7, 11) is 2.07. The van der Waals surface area contributed by atoms with Gasteiger partial charge in [0.15, 0.2) is 0 Å². The van der Waals surface area contributed by atoms with Crippen molar-refractivity contribution in [2.24, 2.45) is 5.41 Å². The number of aryl methyl sites for hydroxylation is 1. The lowest BCUT2D eigenvalue weighted by atomic mass is 9.87. The van der Waals surface area contributed by atoms with Crippen molar-refractivity contribution in [1.82, 2.24) is 4.90 Å². The van der Waals surface area contributed by atoms with E-state index in [9.17, 15) is 5.11 Å². The van der Waals surface area contributed by atoms with Crippen molar-refractivity contribution >= 4 is 0 Å². The Morgan fingerprint density at radius 1 is 1.41 bits per heavy atom. The van der Waals surface area contributed by atoms with Crippen LogP contribution in [-0.4, -0.2) is 29.7 Å². The summed E-state index contributed by atoms with van der Waals surface area (Å²) in [5.41, 5.74) is 1.18. The minimum absolute atomic E-state index is 0.0353. The molecule has 0 fully saturated rings. The van der Waals surface area contributed by atoms with E-state index in [1.165, 1.54) is 5.56 Å². The number of nitrogens with zero attached hydrogens (tertiary/aromatic N) is 1. The summed E-state index contributed by atoms with van der Waals surface area (Å²) in [5, 5.41) is 9.97. The standard InChI is InChI=1S/C14H25NO2/c1-11-12(7-9-17-11)10-15(5)8-6-13(16)14(2,3)4/h7,9,13,16H,6,8,10H2,1-5H3. The fraction of sp³-hybridized carbons (Fsp3) is 0.714. The molecule has 0 aromatic carbocycles. The molecule has 17 heavy (non-hydrogen) atoms. The van der Waals surface area contributed by atoms with Crippen molar-refractivity contribution in [2.45, 2.75) is 46.8 Å². The van der Waals surface area contributed by atoms with Crippen LogP contribution in [0.25, 0.3) is 0 Å². The van der Waals surface area contributed by atoms with Gasteiger partial charge in [0.25, 0.3) is 0 Å². The first kappa shape index (κ1) is 14.3. The van der Waals surface area contributed by atoms with E-state index in [1.54, 1.807) is 6.26 Å². The molecule has 0 aliphatic carbocycles. The van der Waals surface area contributed by atoms with Crippen LogP contribution in [0, 0.1) is 12.3 Å². The van der Waals surface area contributed by atoms with Crippen LogP contribution in [0.3, 0.4) is 0 Å². The summed E-state index contributed by atoms with van der Waals surface area (Å²) in [5.74, 6) is 0.980. The Bertz CT molecular complexity index is 338. The number of furan rings is 1.